The van der Waals surface area contributed by atoms with Gasteiger partial charge in [-0.2, -0.15) is 13.2 Å². The number of benzene rings is 3. The smallest absolute Gasteiger partial charge is 0.298 e. The minimum Gasteiger partial charge on any atom is -0.298 e. The van der Waals surface area contributed by atoms with E-state index in [0.717, 1.165) is 12.1 Å². The second-order valence-corrected chi connectivity index (χ2v) is 5.57. The molecule has 132 valence electrons. The van der Waals surface area contributed by atoms with E-state index in [1.54, 1.807) is 36.4 Å². The fourth-order valence-corrected chi connectivity index (χ4v) is 2.49. The maximum Gasteiger partial charge on any atom is 0.416 e. The van der Waals surface area contributed by atoms with Crippen LogP contribution in [0, 0.1) is 0 Å². The van der Waals surface area contributed by atoms with Crippen LogP contribution in [0.1, 0.15) is 15.9 Å². The Hall–Kier alpha value is -3.28. The van der Waals surface area contributed by atoms with Gasteiger partial charge in [0.25, 0.3) is 5.91 Å². The van der Waals surface area contributed by atoms with Crippen molar-refractivity contribution >= 4 is 11.6 Å². The predicted molar refractivity (Wildman–Crippen MR) is 94.4 cm³/mol. The lowest BCUT2D eigenvalue weighted by Gasteiger charge is -2.13. The number of para-hydroxylation sites is 1. The molecule has 0 radical (unpaired) electrons. The molecule has 3 nitrogen and oxygen atoms in total. The van der Waals surface area contributed by atoms with Crippen LogP contribution in [0.25, 0.3) is 11.1 Å². The van der Waals surface area contributed by atoms with Crippen LogP contribution in [0.4, 0.5) is 18.9 Å². The summed E-state index contributed by atoms with van der Waals surface area (Å²) in [6.07, 6.45) is -4.39. The van der Waals surface area contributed by atoms with Crippen molar-refractivity contribution < 1.29 is 18.0 Å². The van der Waals surface area contributed by atoms with Gasteiger partial charge in [0, 0.05) is 5.56 Å². The van der Waals surface area contributed by atoms with E-state index >= 15 is 0 Å². The molecule has 0 aliphatic carbocycles. The van der Waals surface area contributed by atoms with Crippen LogP contribution in [-0.2, 0) is 6.18 Å². The highest BCUT2D eigenvalue weighted by atomic mass is 19.4. The first-order valence-electron chi connectivity index (χ1n) is 7.83. The summed E-state index contributed by atoms with van der Waals surface area (Å²) in [4.78, 5) is 12.5. The second kappa shape index (κ2) is 7.31. The Morgan fingerprint density at radius 3 is 2.04 bits per heavy atom. The molecule has 3 rings (SSSR count). The van der Waals surface area contributed by atoms with E-state index in [1.165, 1.54) is 12.1 Å². The van der Waals surface area contributed by atoms with Gasteiger partial charge in [-0.1, -0.05) is 48.5 Å². The number of amides is 1. The van der Waals surface area contributed by atoms with Gasteiger partial charge in [-0.05, 0) is 41.5 Å². The molecule has 0 bridgehead atoms. The number of hydrogen-bond acceptors (Lipinski definition) is 2. The highest BCUT2D eigenvalue weighted by Gasteiger charge is 2.30. The van der Waals surface area contributed by atoms with Gasteiger partial charge < -0.3 is 0 Å². The highest BCUT2D eigenvalue weighted by molar-refractivity contribution is 6.01. The summed E-state index contributed by atoms with van der Waals surface area (Å²) in [5.74, 6) is -0.385. The molecule has 0 atom stereocenters. The number of carbonyl (C=O) groups excluding carboxylic acids is 1. The van der Waals surface area contributed by atoms with Crippen LogP contribution in [0.5, 0.6) is 0 Å². The monoisotopic (exact) mass is 356 g/mol. The highest BCUT2D eigenvalue weighted by Crippen LogP contribution is 2.31. The molecule has 2 N–H and O–H groups in total. The lowest BCUT2D eigenvalue weighted by molar-refractivity contribution is -0.137. The summed E-state index contributed by atoms with van der Waals surface area (Å²) in [5.41, 5.74) is 6.82. The number of alkyl halides is 3. The summed E-state index contributed by atoms with van der Waals surface area (Å²) >= 11 is 0. The SMILES string of the molecule is O=C(NNc1ccccc1)c1ccccc1-c1ccc(C(F)(F)F)cc1. The van der Waals surface area contributed by atoms with Crippen LogP contribution in [-0.4, -0.2) is 5.91 Å². The van der Waals surface area contributed by atoms with E-state index < -0.39 is 11.7 Å². The number of hydrogen-bond donors (Lipinski definition) is 2. The van der Waals surface area contributed by atoms with Gasteiger partial charge in [-0.25, -0.2) is 0 Å². The Morgan fingerprint density at radius 1 is 0.769 bits per heavy atom. The Morgan fingerprint density at radius 2 is 1.38 bits per heavy atom. The molecule has 6 heteroatoms. The van der Waals surface area contributed by atoms with E-state index in [-0.39, 0.29) is 5.91 Å². The van der Waals surface area contributed by atoms with Gasteiger partial charge in [0.05, 0.1) is 11.3 Å². The summed E-state index contributed by atoms with van der Waals surface area (Å²) in [6.45, 7) is 0. The van der Waals surface area contributed by atoms with Gasteiger partial charge in [-0.3, -0.25) is 15.6 Å². The third kappa shape index (κ3) is 4.03. The van der Waals surface area contributed by atoms with Gasteiger partial charge >= 0.3 is 6.18 Å². The molecule has 0 aliphatic heterocycles. The maximum absolute atomic E-state index is 12.7. The predicted octanol–water partition coefficient (Wildman–Crippen LogP) is 5.13. The largest absolute Gasteiger partial charge is 0.416 e. The molecule has 0 aliphatic rings. The Kier molecular flexibility index (Phi) is 4.93. The standard InChI is InChI=1S/C20H15F3N2O/c21-20(22,23)15-12-10-14(11-13-15)17-8-4-5-9-18(17)19(26)25-24-16-6-2-1-3-7-16/h1-13,24H,(H,25,26). The number of halogens is 3. The van der Waals surface area contributed by atoms with E-state index in [0.29, 0.717) is 22.4 Å². The fraction of sp³-hybridized carbons (Fsp3) is 0.0500. The zero-order chi connectivity index (χ0) is 18.6. The first kappa shape index (κ1) is 17.5. The van der Waals surface area contributed by atoms with Crippen LogP contribution >= 0.6 is 0 Å². The normalized spacial score (nSPS) is 11.0. The zero-order valence-corrected chi connectivity index (χ0v) is 13.5. The number of nitrogens with one attached hydrogen (secondary N) is 2. The summed E-state index contributed by atoms with van der Waals surface area (Å²) < 4.78 is 38.2. The van der Waals surface area contributed by atoms with Gasteiger partial charge in [-0.15, -0.1) is 0 Å². The molecule has 0 saturated carbocycles. The molecule has 0 aromatic heterocycles. The zero-order valence-electron chi connectivity index (χ0n) is 13.5. The van der Waals surface area contributed by atoms with Crippen molar-refractivity contribution in [3.05, 3.63) is 90.0 Å². The summed E-state index contributed by atoms with van der Waals surface area (Å²) in [7, 11) is 0. The number of rotatable bonds is 4. The molecule has 26 heavy (non-hydrogen) atoms. The Labute approximate surface area is 148 Å². The molecule has 0 unspecified atom stereocenters. The Balaban J connectivity index is 1.82. The van der Waals surface area contributed by atoms with E-state index in [4.69, 9.17) is 0 Å². The molecule has 3 aromatic carbocycles. The topological polar surface area (TPSA) is 41.1 Å². The van der Waals surface area contributed by atoms with Crippen molar-refractivity contribution in [1.82, 2.24) is 5.43 Å². The molecule has 0 heterocycles. The number of hydrazine groups is 1. The lowest BCUT2D eigenvalue weighted by Crippen LogP contribution is -2.29. The molecule has 0 fully saturated rings. The lowest BCUT2D eigenvalue weighted by atomic mass is 9.98. The van der Waals surface area contributed by atoms with Gasteiger partial charge in [0.1, 0.15) is 0 Å². The van der Waals surface area contributed by atoms with Gasteiger partial charge in [0.2, 0.25) is 0 Å². The minimum atomic E-state index is -4.39. The molecular formula is C20H15F3N2O. The third-order valence-electron chi connectivity index (χ3n) is 3.79. The summed E-state index contributed by atoms with van der Waals surface area (Å²) in [5, 5.41) is 0. The summed E-state index contributed by atoms with van der Waals surface area (Å²) in [6, 6.07) is 20.6. The van der Waals surface area contributed by atoms with Crippen LogP contribution in [0.3, 0.4) is 0 Å². The second-order valence-electron chi connectivity index (χ2n) is 5.57. The molecule has 3 aromatic rings. The third-order valence-corrected chi connectivity index (χ3v) is 3.79. The van der Waals surface area contributed by atoms with Crippen molar-refractivity contribution in [2.75, 3.05) is 5.43 Å². The van der Waals surface area contributed by atoms with E-state index in [2.05, 4.69) is 10.9 Å². The van der Waals surface area contributed by atoms with Crippen molar-refractivity contribution in [3.63, 3.8) is 0 Å². The first-order chi connectivity index (χ1) is 12.4. The van der Waals surface area contributed by atoms with Crippen molar-refractivity contribution in [1.29, 1.82) is 0 Å². The quantitative estimate of drug-likeness (QED) is 0.637. The molecule has 0 saturated heterocycles. The molecule has 1 amide bonds. The average molecular weight is 356 g/mol. The van der Waals surface area contributed by atoms with Crippen molar-refractivity contribution in [3.8, 4) is 11.1 Å². The maximum atomic E-state index is 12.7. The number of anilines is 1. The van der Waals surface area contributed by atoms with Crippen LogP contribution < -0.4 is 10.9 Å². The van der Waals surface area contributed by atoms with Gasteiger partial charge in [0.15, 0.2) is 0 Å². The fourth-order valence-electron chi connectivity index (χ4n) is 2.49. The van der Waals surface area contributed by atoms with Crippen LogP contribution in [0.15, 0.2) is 78.9 Å². The van der Waals surface area contributed by atoms with Crippen LogP contribution in [0.2, 0.25) is 0 Å². The first-order valence-corrected chi connectivity index (χ1v) is 7.83. The van der Waals surface area contributed by atoms with Crippen molar-refractivity contribution in [2.24, 2.45) is 0 Å². The molecular weight excluding hydrogens is 341 g/mol. The minimum absolute atomic E-state index is 0.357. The molecule has 0 spiro atoms. The van der Waals surface area contributed by atoms with E-state index in [9.17, 15) is 18.0 Å². The average Bonchev–Trinajstić information content (AvgIpc) is 2.66. The van der Waals surface area contributed by atoms with E-state index in [1.807, 2.05) is 18.2 Å². The Bertz CT molecular complexity index is 891. The number of carbonyl (C=O) groups is 1. The van der Waals surface area contributed by atoms with Crippen molar-refractivity contribution in [2.45, 2.75) is 6.18 Å².